The Bertz CT molecular complexity index is 1240. The normalized spacial score (nSPS) is 11.2. The summed E-state index contributed by atoms with van der Waals surface area (Å²) in [7, 11) is 2.85. The van der Waals surface area contributed by atoms with Crippen LogP contribution in [0.1, 0.15) is 25.0 Å². The lowest BCUT2D eigenvalue weighted by molar-refractivity contribution is -0.116. The zero-order valence-corrected chi connectivity index (χ0v) is 18.1. The smallest absolute Gasteiger partial charge is 0.324 e. The van der Waals surface area contributed by atoms with Gasteiger partial charge in [0.1, 0.15) is 6.54 Å². The van der Waals surface area contributed by atoms with Gasteiger partial charge in [0, 0.05) is 24.8 Å². The molecule has 0 aliphatic heterocycles. The van der Waals surface area contributed by atoms with Crippen LogP contribution >= 0.6 is 23.2 Å². The molecule has 1 aromatic carbocycles. The minimum atomic E-state index is -0.568. The number of anilines is 1. The minimum Gasteiger partial charge on any atom is -0.324 e. The molecule has 3 rings (SSSR count). The van der Waals surface area contributed by atoms with Crippen LogP contribution in [0.5, 0.6) is 0 Å². The van der Waals surface area contributed by atoms with E-state index < -0.39 is 11.2 Å². The van der Waals surface area contributed by atoms with Crippen molar-refractivity contribution in [2.24, 2.45) is 14.1 Å². The van der Waals surface area contributed by atoms with Gasteiger partial charge in [-0.25, -0.2) is 4.79 Å². The van der Waals surface area contributed by atoms with Crippen LogP contribution in [0.25, 0.3) is 11.2 Å². The molecular formula is C19H21Cl2N5O3. The number of nitrogens with zero attached hydrogens (tertiary/aromatic N) is 4. The lowest BCUT2D eigenvalue weighted by Crippen LogP contribution is -2.37. The van der Waals surface area contributed by atoms with E-state index in [1.54, 1.807) is 0 Å². The first kappa shape index (κ1) is 21.1. The van der Waals surface area contributed by atoms with Gasteiger partial charge in [-0.2, -0.15) is 4.98 Å². The van der Waals surface area contributed by atoms with Crippen LogP contribution < -0.4 is 16.6 Å². The van der Waals surface area contributed by atoms with Gasteiger partial charge in [0.25, 0.3) is 5.56 Å². The second-order valence-electron chi connectivity index (χ2n) is 6.66. The third-order valence-electron chi connectivity index (χ3n) is 4.94. The summed E-state index contributed by atoms with van der Waals surface area (Å²) < 4.78 is 3.48. The maximum atomic E-state index is 12.8. The fraction of sp³-hybridized carbons (Fsp3) is 0.368. The number of halogens is 2. The molecule has 1 N–H and O–H groups in total. The minimum absolute atomic E-state index is 0.0500. The molecule has 0 fully saturated rings. The van der Waals surface area contributed by atoms with Crippen molar-refractivity contribution in [1.82, 2.24) is 18.7 Å². The summed E-state index contributed by atoms with van der Waals surface area (Å²) in [6, 6.07) is 3.70. The summed E-state index contributed by atoms with van der Waals surface area (Å²) in [4.78, 5) is 41.6. The Balaban J connectivity index is 2.05. The van der Waals surface area contributed by atoms with E-state index >= 15 is 0 Å². The van der Waals surface area contributed by atoms with Gasteiger partial charge in [0.2, 0.25) is 11.2 Å². The van der Waals surface area contributed by atoms with Crippen LogP contribution in [-0.4, -0.2) is 24.6 Å². The zero-order valence-electron chi connectivity index (χ0n) is 16.5. The highest BCUT2D eigenvalue weighted by atomic mass is 35.5. The summed E-state index contributed by atoms with van der Waals surface area (Å²) in [6.45, 7) is 3.71. The monoisotopic (exact) mass is 437 g/mol. The molecule has 1 amide bonds. The van der Waals surface area contributed by atoms with Crippen LogP contribution in [0.4, 0.5) is 5.69 Å². The van der Waals surface area contributed by atoms with Crippen LogP contribution in [0.15, 0.2) is 21.7 Å². The summed E-state index contributed by atoms with van der Waals surface area (Å²) in [6.07, 6.45) is 1.37. The number of fused-ring (bicyclic) bond motifs is 1. The van der Waals surface area contributed by atoms with E-state index in [0.717, 1.165) is 22.1 Å². The van der Waals surface area contributed by atoms with Gasteiger partial charge < -0.3 is 5.32 Å². The standard InChI is InChI=1S/C19H21Cl2N5O3/c1-5-10-7-8-12(20)11(6-2)14(10)22-13(27)9-26-15-16(23-18(26)21)24(3)19(29)25(4)17(15)28/h7-8H,5-6,9H2,1-4H3,(H,22,27). The number of imidazole rings is 1. The predicted molar refractivity (Wildman–Crippen MR) is 114 cm³/mol. The van der Waals surface area contributed by atoms with Crippen molar-refractivity contribution >= 4 is 46.0 Å². The van der Waals surface area contributed by atoms with Crippen LogP contribution in [0.2, 0.25) is 10.3 Å². The second kappa shape index (κ2) is 8.04. The Morgan fingerprint density at radius 3 is 2.41 bits per heavy atom. The molecule has 0 spiro atoms. The van der Waals surface area contributed by atoms with Gasteiger partial charge in [-0.3, -0.25) is 23.3 Å². The number of carbonyl (C=O) groups excluding carboxylic acids is 1. The Hall–Kier alpha value is -2.58. The fourth-order valence-electron chi connectivity index (χ4n) is 3.35. The molecular weight excluding hydrogens is 417 g/mol. The highest BCUT2D eigenvalue weighted by Gasteiger charge is 2.21. The largest absolute Gasteiger partial charge is 0.332 e. The SMILES string of the molecule is CCc1ccc(Cl)c(CC)c1NC(=O)Cn1c(Cl)nc2c1c(=O)n(C)c(=O)n2C. The molecule has 0 saturated carbocycles. The Kier molecular flexibility index (Phi) is 5.86. The lowest BCUT2D eigenvalue weighted by Gasteiger charge is -2.16. The molecule has 3 aromatic rings. The van der Waals surface area contributed by atoms with Gasteiger partial charge in [-0.15, -0.1) is 0 Å². The van der Waals surface area contributed by atoms with Gasteiger partial charge in [-0.05, 0) is 41.6 Å². The highest BCUT2D eigenvalue weighted by Crippen LogP contribution is 2.29. The van der Waals surface area contributed by atoms with Crippen LogP contribution in [-0.2, 0) is 38.3 Å². The van der Waals surface area contributed by atoms with Crippen molar-refractivity contribution in [3.05, 3.63) is 54.4 Å². The summed E-state index contributed by atoms with van der Waals surface area (Å²) >= 11 is 12.5. The van der Waals surface area contributed by atoms with Crippen molar-refractivity contribution in [2.45, 2.75) is 33.2 Å². The first-order valence-corrected chi connectivity index (χ1v) is 9.88. The van der Waals surface area contributed by atoms with Crippen LogP contribution in [0.3, 0.4) is 0 Å². The molecule has 0 radical (unpaired) electrons. The molecule has 8 nitrogen and oxygen atoms in total. The zero-order chi connectivity index (χ0) is 21.5. The fourth-order valence-corrected chi connectivity index (χ4v) is 3.87. The van der Waals surface area contributed by atoms with E-state index in [1.165, 1.54) is 23.2 Å². The summed E-state index contributed by atoms with van der Waals surface area (Å²) in [5.74, 6) is -0.381. The molecule has 0 unspecified atom stereocenters. The highest BCUT2D eigenvalue weighted by molar-refractivity contribution is 6.32. The third kappa shape index (κ3) is 3.58. The molecule has 0 bridgehead atoms. The molecule has 2 aromatic heterocycles. The van der Waals surface area contributed by atoms with Crippen molar-refractivity contribution < 1.29 is 4.79 Å². The molecule has 2 heterocycles. The van der Waals surface area contributed by atoms with Gasteiger partial charge in [0.05, 0.1) is 0 Å². The van der Waals surface area contributed by atoms with Gasteiger partial charge in [-0.1, -0.05) is 31.5 Å². The molecule has 10 heteroatoms. The molecule has 154 valence electrons. The summed E-state index contributed by atoms with van der Waals surface area (Å²) in [5, 5.41) is 3.43. The maximum Gasteiger partial charge on any atom is 0.332 e. The summed E-state index contributed by atoms with van der Waals surface area (Å²) in [5.41, 5.74) is 1.61. The number of hydrogen-bond donors (Lipinski definition) is 1. The first-order chi connectivity index (χ1) is 13.7. The number of carbonyl (C=O) groups is 1. The number of amides is 1. The quantitative estimate of drug-likeness (QED) is 0.620. The molecule has 0 aliphatic carbocycles. The van der Waals surface area contributed by atoms with Crippen molar-refractivity contribution in [1.29, 1.82) is 0 Å². The van der Waals surface area contributed by atoms with E-state index in [2.05, 4.69) is 10.3 Å². The number of nitrogens with one attached hydrogen (secondary N) is 1. The Labute approximate surface area is 176 Å². The molecule has 0 aliphatic rings. The number of aromatic nitrogens is 4. The average molecular weight is 438 g/mol. The second-order valence-corrected chi connectivity index (χ2v) is 7.41. The van der Waals surface area contributed by atoms with Crippen molar-refractivity contribution in [3.63, 3.8) is 0 Å². The average Bonchev–Trinajstić information content (AvgIpc) is 3.01. The van der Waals surface area contributed by atoms with E-state index in [9.17, 15) is 14.4 Å². The third-order valence-corrected chi connectivity index (χ3v) is 5.59. The van der Waals surface area contributed by atoms with E-state index in [0.29, 0.717) is 17.1 Å². The van der Waals surface area contributed by atoms with Crippen molar-refractivity contribution in [2.75, 3.05) is 5.32 Å². The van der Waals surface area contributed by atoms with Gasteiger partial charge in [0.15, 0.2) is 11.2 Å². The number of rotatable bonds is 5. The maximum absolute atomic E-state index is 12.8. The Morgan fingerprint density at radius 1 is 1.10 bits per heavy atom. The Morgan fingerprint density at radius 2 is 1.79 bits per heavy atom. The number of hydrogen-bond acceptors (Lipinski definition) is 4. The van der Waals surface area contributed by atoms with Crippen LogP contribution in [0, 0.1) is 0 Å². The molecule has 0 atom stereocenters. The predicted octanol–water partition coefficient (Wildman–Crippen LogP) is 2.50. The topological polar surface area (TPSA) is 90.9 Å². The molecule has 0 saturated heterocycles. The molecule has 29 heavy (non-hydrogen) atoms. The van der Waals surface area contributed by atoms with E-state index in [1.807, 2.05) is 26.0 Å². The van der Waals surface area contributed by atoms with Gasteiger partial charge >= 0.3 is 5.69 Å². The lowest BCUT2D eigenvalue weighted by atomic mass is 10.0. The number of benzene rings is 1. The number of aryl methyl sites for hydroxylation is 2. The van der Waals surface area contributed by atoms with E-state index in [4.69, 9.17) is 23.2 Å². The first-order valence-electron chi connectivity index (χ1n) is 9.13. The van der Waals surface area contributed by atoms with Crippen molar-refractivity contribution in [3.8, 4) is 0 Å². The van der Waals surface area contributed by atoms with E-state index in [-0.39, 0.29) is 28.9 Å².